The lowest BCUT2D eigenvalue weighted by Gasteiger charge is -2.30. The first kappa shape index (κ1) is 21.2. The molecule has 4 aromatic rings. The van der Waals surface area contributed by atoms with E-state index >= 15 is 0 Å². The molecule has 2 N–H and O–H groups in total. The van der Waals surface area contributed by atoms with Crippen molar-refractivity contribution in [1.82, 2.24) is 35.1 Å². The SMILES string of the molecule is Cc1nc(-c2ncc(C(C)C)c3cc(Nc4ccnc(N5CCCC(C)C5)n4)ncc23)n[nH]1. The van der Waals surface area contributed by atoms with Crippen LogP contribution in [0.3, 0.4) is 0 Å². The van der Waals surface area contributed by atoms with Crippen molar-refractivity contribution in [3.05, 3.63) is 42.1 Å². The summed E-state index contributed by atoms with van der Waals surface area (Å²) in [4.78, 5) is 25.3. The molecular formula is C24H29N9. The van der Waals surface area contributed by atoms with E-state index in [2.05, 4.69) is 67.2 Å². The number of hydrogen-bond donors (Lipinski definition) is 2. The van der Waals surface area contributed by atoms with Gasteiger partial charge in [0.05, 0.1) is 0 Å². The highest BCUT2D eigenvalue weighted by Crippen LogP contribution is 2.32. The van der Waals surface area contributed by atoms with E-state index in [9.17, 15) is 0 Å². The van der Waals surface area contributed by atoms with E-state index in [4.69, 9.17) is 4.98 Å². The largest absolute Gasteiger partial charge is 0.341 e. The average molecular weight is 444 g/mol. The van der Waals surface area contributed by atoms with Gasteiger partial charge in [-0.1, -0.05) is 20.8 Å². The summed E-state index contributed by atoms with van der Waals surface area (Å²) in [5.74, 6) is 4.52. The molecule has 170 valence electrons. The van der Waals surface area contributed by atoms with Crippen LogP contribution in [-0.2, 0) is 0 Å². The van der Waals surface area contributed by atoms with E-state index in [0.717, 1.165) is 58.5 Å². The van der Waals surface area contributed by atoms with Crippen molar-refractivity contribution >= 4 is 28.4 Å². The van der Waals surface area contributed by atoms with Gasteiger partial charge >= 0.3 is 0 Å². The number of aromatic amines is 1. The molecule has 1 unspecified atom stereocenters. The van der Waals surface area contributed by atoms with Gasteiger partial charge in [-0.25, -0.2) is 15.0 Å². The Bertz CT molecular complexity index is 1280. The first-order valence-electron chi connectivity index (χ1n) is 11.5. The number of fused-ring (bicyclic) bond motifs is 1. The predicted octanol–water partition coefficient (Wildman–Crippen LogP) is 4.62. The van der Waals surface area contributed by atoms with E-state index in [1.54, 1.807) is 6.20 Å². The fourth-order valence-corrected chi connectivity index (χ4v) is 4.38. The molecule has 1 fully saturated rings. The van der Waals surface area contributed by atoms with Crippen molar-refractivity contribution in [3.8, 4) is 11.5 Å². The summed E-state index contributed by atoms with van der Waals surface area (Å²) >= 11 is 0. The number of aromatic nitrogens is 7. The van der Waals surface area contributed by atoms with Crippen LogP contribution in [0.5, 0.6) is 0 Å². The molecule has 1 aliphatic heterocycles. The topological polar surface area (TPSA) is 108 Å². The molecule has 1 aliphatic rings. The number of nitrogens with one attached hydrogen (secondary N) is 2. The first-order chi connectivity index (χ1) is 16.0. The number of nitrogens with zero attached hydrogens (tertiary/aromatic N) is 7. The molecule has 0 spiro atoms. The fourth-order valence-electron chi connectivity index (χ4n) is 4.38. The molecule has 0 bridgehead atoms. The van der Waals surface area contributed by atoms with Crippen LogP contribution >= 0.6 is 0 Å². The maximum Gasteiger partial charge on any atom is 0.227 e. The number of piperidine rings is 1. The van der Waals surface area contributed by atoms with E-state index in [0.29, 0.717) is 17.7 Å². The zero-order valence-corrected chi connectivity index (χ0v) is 19.5. The molecule has 9 nitrogen and oxygen atoms in total. The first-order valence-corrected chi connectivity index (χ1v) is 11.5. The van der Waals surface area contributed by atoms with Crippen LogP contribution in [0, 0.1) is 12.8 Å². The summed E-state index contributed by atoms with van der Waals surface area (Å²) in [6, 6.07) is 3.93. The van der Waals surface area contributed by atoms with Gasteiger partial charge in [0.2, 0.25) is 5.95 Å². The molecule has 0 radical (unpaired) electrons. The minimum absolute atomic E-state index is 0.310. The standard InChI is InChI=1S/C24H29N9/c1-14(2)18-11-27-22(23-28-16(4)31-32-23)19-12-26-21(10-17(18)19)29-20-7-8-25-24(30-20)33-9-5-6-15(3)13-33/h7-8,10-12,14-15H,5-6,9,13H2,1-4H3,(H,28,31,32)(H,25,26,29,30). The molecule has 5 heterocycles. The lowest BCUT2D eigenvalue weighted by molar-refractivity contribution is 0.442. The average Bonchev–Trinajstić information content (AvgIpc) is 3.24. The maximum atomic E-state index is 4.76. The van der Waals surface area contributed by atoms with Crippen LogP contribution in [0.1, 0.15) is 50.9 Å². The highest BCUT2D eigenvalue weighted by Gasteiger charge is 2.19. The second kappa shape index (κ2) is 8.73. The summed E-state index contributed by atoms with van der Waals surface area (Å²) in [7, 11) is 0. The minimum Gasteiger partial charge on any atom is -0.341 e. The number of pyridine rings is 2. The van der Waals surface area contributed by atoms with Crippen LogP contribution in [-0.4, -0.2) is 48.2 Å². The zero-order valence-electron chi connectivity index (χ0n) is 19.5. The van der Waals surface area contributed by atoms with Crippen LogP contribution in [0.15, 0.2) is 30.7 Å². The maximum absolute atomic E-state index is 4.76. The molecule has 1 atom stereocenters. The smallest absolute Gasteiger partial charge is 0.227 e. The Balaban J connectivity index is 1.49. The Kier molecular flexibility index (Phi) is 5.62. The monoisotopic (exact) mass is 443 g/mol. The molecule has 33 heavy (non-hydrogen) atoms. The van der Waals surface area contributed by atoms with E-state index in [-0.39, 0.29) is 0 Å². The van der Waals surface area contributed by atoms with Crippen molar-refractivity contribution < 1.29 is 0 Å². The van der Waals surface area contributed by atoms with Crippen molar-refractivity contribution in [2.45, 2.75) is 46.5 Å². The molecule has 5 rings (SSSR count). The lowest BCUT2D eigenvalue weighted by Crippen LogP contribution is -2.35. The highest BCUT2D eigenvalue weighted by atomic mass is 15.3. The fraction of sp³-hybridized carbons (Fsp3) is 0.417. The highest BCUT2D eigenvalue weighted by molar-refractivity contribution is 5.96. The second-order valence-electron chi connectivity index (χ2n) is 9.14. The Hall–Kier alpha value is -3.62. The van der Waals surface area contributed by atoms with Gasteiger partial charge in [-0.2, -0.15) is 10.1 Å². The van der Waals surface area contributed by atoms with Crippen LogP contribution < -0.4 is 10.2 Å². The van der Waals surface area contributed by atoms with Crippen molar-refractivity contribution in [1.29, 1.82) is 0 Å². The second-order valence-corrected chi connectivity index (χ2v) is 9.14. The van der Waals surface area contributed by atoms with E-state index in [1.165, 1.54) is 12.8 Å². The van der Waals surface area contributed by atoms with Gasteiger partial charge in [0.1, 0.15) is 23.2 Å². The third-order valence-corrected chi connectivity index (χ3v) is 6.07. The van der Waals surface area contributed by atoms with Gasteiger partial charge < -0.3 is 10.2 Å². The van der Waals surface area contributed by atoms with Crippen molar-refractivity contribution in [3.63, 3.8) is 0 Å². The van der Waals surface area contributed by atoms with Crippen LogP contribution in [0.4, 0.5) is 17.6 Å². The number of H-pyrrole nitrogens is 1. The van der Waals surface area contributed by atoms with Gasteiger partial charge in [0.25, 0.3) is 0 Å². The normalized spacial score (nSPS) is 16.5. The summed E-state index contributed by atoms with van der Waals surface area (Å²) in [5, 5.41) is 12.6. The molecule has 1 saturated heterocycles. The quantitative estimate of drug-likeness (QED) is 0.460. The molecule has 9 heteroatoms. The van der Waals surface area contributed by atoms with E-state index in [1.807, 2.05) is 25.4 Å². The minimum atomic E-state index is 0.310. The van der Waals surface area contributed by atoms with Gasteiger partial charge in [-0.05, 0) is 54.7 Å². The summed E-state index contributed by atoms with van der Waals surface area (Å²) in [6.45, 7) is 10.5. The number of anilines is 3. The van der Waals surface area contributed by atoms with Gasteiger partial charge in [0, 0.05) is 37.1 Å². The Morgan fingerprint density at radius 1 is 1.09 bits per heavy atom. The van der Waals surface area contributed by atoms with Gasteiger partial charge in [-0.3, -0.25) is 10.1 Å². The van der Waals surface area contributed by atoms with Gasteiger partial charge in [0.15, 0.2) is 5.82 Å². The molecule has 0 saturated carbocycles. The molecular weight excluding hydrogens is 414 g/mol. The predicted molar refractivity (Wildman–Crippen MR) is 130 cm³/mol. The number of rotatable bonds is 5. The summed E-state index contributed by atoms with van der Waals surface area (Å²) < 4.78 is 0. The number of hydrogen-bond acceptors (Lipinski definition) is 8. The summed E-state index contributed by atoms with van der Waals surface area (Å²) in [5.41, 5.74) is 1.87. The Morgan fingerprint density at radius 3 is 2.73 bits per heavy atom. The van der Waals surface area contributed by atoms with Gasteiger partial charge in [-0.15, -0.1) is 0 Å². The lowest BCUT2D eigenvalue weighted by atomic mass is 9.98. The third kappa shape index (κ3) is 4.35. The third-order valence-electron chi connectivity index (χ3n) is 6.07. The number of aryl methyl sites for hydroxylation is 1. The summed E-state index contributed by atoms with van der Waals surface area (Å²) in [6.07, 6.45) is 7.99. The molecule has 0 aromatic carbocycles. The Morgan fingerprint density at radius 2 is 1.97 bits per heavy atom. The van der Waals surface area contributed by atoms with Crippen LogP contribution in [0.25, 0.3) is 22.3 Å². The molecule has 4 aromatic heterocycles. The Labute approximate surface area is 193 Å². The zero-order chi connectivity index (χ0) is 22.9. The van der Waals surface area contributed by atoms with Crippen molar-refractivity contribution in [2.24, 2.45) is 5.92 Å². The van der Waals surface area contributed by atoms with E-state index < -0.39 is 0 Å². The van der Waals surface area contributed by atoms with Crippen molar-refractivity contribution in [2.75, 3.05) is 23.3 Å². The van der Waals surface area contributed by atoms with Crippen LogP contribution in [0.2, 0.25) is 0 Å². The molecule has 0 amide bonds. The molecule has 0 aliphatic carbocycles.